The monoisotopic (exact) mass is 382 g/mol. The predicted molar refractivity (Wildman–Crippen MR) is 95.3 cm³/mol. The van der Waals surface area contributed by atoms with Crippen molar-refractivity contribution in [1.82, 2.24) is 4.90 Å². The maximum atomic E-state index is 12.3. The minimum Gasteiger partial charge on any atom is -0.342 e. The predicted octanol–water partition coefficient (Wildman–Crippen LogP) is 4.00. The zero-order valence-electron chi connectivity index (χ0n) is 12.3. The Morgan fingerprint density at radius 3 is 2.77 bits per heavy atom. The van der Waals surface area contributed by atoms with Crippen LogP contribution in [-0.4, -0.2) is 29.9 Å². The van der Waals surface area contributed by atoms with Crippen LogP contribution in [0.3, 0.4) is 0 Å². The van der Waals surface area contributed by atoms with Gasteiger partial charge in [-0.25, -0.2) is 0 Å². The van der Waals surface area contributed by atoms with E-state index in [1.807, 2.05) is 11.0 Å². The molecule has 2 heterocycles. The lowest BCUT2D eigenvalue weighted by atomic mass is 9.98. The molecule has 1 aliphatic heterocycles. The number of fused-ring (bicyclic) bond motifs is 1. The summed E-state index contributed by atoms with van der Waals surface area (Å²) < 4.78 is 1.46. The van der Waals surface area contributed by atoms with Gasteiger partial charge in [-0.2, -0.15) is 0 Å². The van der Waals surface area contributed by atoms with Crippen LogP contribution < -0.4 is 5.73 Å². The topological polar surface area (TPSA) is 46.3 Å². The second kappa shape index (κ2) is 7.71. The van der Waals surface area contributed by atoms with E-state index in [2.05, 4.69) is 0 Å². The summed E-state index contributed by atoms with van der Waals surface area (Å²) in [4.78, 5) is 14.3. The molecular formula is C15H21Cl3N2OS. The molecular weight excluding hydrogens is 363 g/mol. The van der Waals surface area contributed by atoms with Crippen LogP contribution in [0.2, 0.25) is 8.67 Å². The van der Waals surface area contributed by atoms with Gasteiger partial charge in [0.15, 0.2) is 0 Å². The van der Waals surface area contributed by atoms with Gasteiger partial charge in [-0.15, -0.1) is 23.7 Å². The Balaban J connectivity index is 0.00000176. The highest BCUT2D eigenvalue weighted by atomic mass is 35.5. The molecule has 1 saturated carbocycles. The van der Waals surface area contributed by atoms with Crippen molar-refractivity contribution < 1.29 is 4.79 Å². The molecule has 1 aromatic heterocycles. The van der Waals surface area contributed by atoms with Gasteiger partial charge in [-0.05, 0) is 49.1 Å². The number of hydrogen-bond donors (Lipinski definition) is 1. The number of likely N-dealkylation sites (tertiary alicyclic amines) is 1. The van der Waals surface area contributed by atoms with Gasteiger partial charge in [0.05, 0.1) is 8.67 Å². The molecule has 1 aliphatic carbocycles. The van der Waals surface area contributed by atoms with Crippen LogP contribution in [0.25, 0.3) is 0 Å². The molecule has 3 atom stereocenters. The van der Waals surface area contributed by atoms with Crippen molar-refractivity contribution >= 4 is 52.9 Å². The number of aryl methyl sites for hydroxylation is 1. The Bertz CT molecular complexity index is 537. The van der Waals surface area contributed by atoms with Crippen molar-refractivity contribution in [3.63, 3.8) is 0 Å². The maximum Gasteiger partial charge on any atom is 0.222 e. The van der Waals surface area contributed by atoms with E-state index in [0.29, 0.717) is 28.6 Å². The second-order valence-electron chi connectivity index (χ2n) is 6.17. The minimum atomic E-state index is 0. The fourth-order valence-corrected chi connectivity index (χ4v) is 5.19. The summed E-state index contributed by atoms with van der Waals surface area (Å²) in [7, 11) is 0. The number of rotatable bonds is 4. The Labute approximate surface area is 151 Å². The van der Waals surface area contributed by atoms with Gasteiger partial charge >= 0.3 is 0 Å². The van der Waals surface area contributed by atoms with Crippen LogP contribution >= 0.6 is 46.9 Å². The van der Waals surface area contributed by atoms with Crippen molar-refractivity contribution in [3.8, 4) is 0 Å². The highest BCUT2D eigenvalue weighted by Crippen LogP contribution is 2.37. The van der Waals surface area contributed by atoms with Crippen molar-refractivity contribution in [2.45, 2.75) is 38.1 Å². The molecule has 1 saturated heterocycles. The molecule has 0 bridgehead atoms. The van der Waals surface area contributed by atoms with Crippen LogP contribution in [0.4, 0.5) is 0 Å². The molecule has 3 nitrogen and oxygen atoms in total. The first kappa shape index (κ1) is 18.3. The first-order chi connectivity index (χ1) is 10.0. The van der Waals surface area contributed by atoms with E-state index in [1.54, 1.807) is 0 Å². The average molecular weight is 384 g/mol. The molecule has 0 radical (unpaired) electrons. The van der Waals surface area contributed by atoms with E-state index in [-0.39, 0.29) is 18.3 Å². The van der Waals surface area contributed by atoms with Crippen molar-refractivity contribution in [2.75, 3.05) is 13.1 Å². The van der Waals surface area contributed by atoms with Gasteiger partial charge in [0.1, 0.15) is 0 Å². The van der Waals surface area contributed by atoms with Gasteiger partial charge < -0.3 is 10.6 Å². The molecule has 2 fully saturated rings. The quantitative estimate of drug-likeness (QED) is 0.854. The molecule has 0 aromatic carbocycles. The fourth-order valence-electron chi connectivity index (χ4n) is 3.64. The SMILES string of the molecule is Cl.NC1CCC2CN(C(=O)CCCc3cc(Cl)sc3Cl)CC12. The zero-order chi connectivity index (χ0) is 15.0. The largest absolute Gasteiger partial charge is 0.342 e. The fraction of sp³-hybridized carbons (Fsp3) is 0.667. The summed E-state index contributed by atoms with van der Waals surface area (Å²) in [6.45, 7) is 1.76. The molecule has 3 rings (SSSR count). The number of halogens is 3. The standard InChI is InChI=1S/C15H20Cl2N2OS.ClH/c16-13-6-9(15(17)21-13)2-1-3-14(20)19-7-10-4-5-12(18)11(10)8-19;/h6,10-12H,1-5,7-8,18H2;1H. The number of hydrogen-bond acceptors (Lipinski definition) is 3. The van der Waals surface area contributed by atoms with E-state index in [1.165, 1.54) is 17.8 Å². The van der Waals surface area contributed by atoms with E-state index in [4.69, 9.17) is 28.9 Å². The number of thiophene rings is 1. The number of nitrogens with two attached hydrogens (primary N) is 1. The molecule has 3 unspecified atom stereocenters. The molecule has 124 valence electrons. The van der Waals surface area contributed by atoms with Crippen LogP contribution in [0.5, 0.6) is 0 Å². The highest BCUT2D eigenvalue weighted by Gasteiger charge is 2.42. The molecule has 2 aliphatic rings. The van der Waals surface area contributed by atoms with Gasteiger partial charge in [-0.3, -0.25) is 4.79 Å². The molecule has 1 amide bonds. The van der Waals surface area contributed by atoms with Gasteiger partial charge in [0, 0.05) is 25.6 Å². The lowest BCUT2D eigenvalue weighted by Crippen LogP contribution is -2.33. The number of nitrogens with zero attached hydrogens (tertiary/aromatic N) is 1. The lowest BCUT2D eigenvalue weighted by Gasteiger charge is -2.18. The zero-order valence-corrected chi connectivity index (χ0v) is 15.4. The smallest absolute Gasteiger partial charge is 0.222 e. The summed E-state index contributed by atoms with van der Waals surface area (Å²) in [6, 6.07) is 2.19. The third kappa shape index (κ3) is 3.90. The third-order valence-corrected chi connectivity index (χ3v) is 6.40. The van der Waals surface area contributed by atoms with Crippen LogP contribution in [0.15, 0.2) is 6.07 Å². The first-order valence-electron chi connectivity index (χ1n) is 7.51. The van der Waals surface area contributed by atoms with Crippen molar-refractivity contribution in [1.29, 1.82) is 0 Å². The summed E-state index contributed by atoms with van der Waals surface area (Å²) >= 11 is 13.4. The van der Waals surface area contributed by atoms with Gasteiger partial charge in [0.25, 0.3) is 0 Å². The van der Waals surface area contributed by atoms with Crippen LogP contribution in [-0.2, 0) is 11.2 Å². The summed E-state index contributed by atoms with van der Waals surface area (Å²) in [5.41, 5.74) is 7.17. The lowest BCUT2D eigenvalue weighted by molar-refractivity contribution is -0.130. The summed E-state index contributed by atoms with van der Waals surface area (Å²) in [5, 5.41) is 0. The Hall–Kier alpha value is -0.0000000000000000555. The number of carbonyl (C=O) groups is 1. The van der Waals surface area contributed by atoms with Crippen LogP contribution in [0.1, 0.15) is 31.2 Å². The number of amides is 1. The van der Waals surface area contributed by atoms with Gasteiger partial charge in [-0.1, -0.05) is 23.2 Å². The van der Waals surface area contributed by atoms with E-state index in [0.717, 1.165) is 42.3 Å². The Morgan fingerprint density at radius 2 is 2.14 bits per heavy atom. The first-order valence-corrected chi connectivity index (χ1v) is 9.09. The molecule has 2 N–H and O–H groups in total. The summed E-state index contributed by atoms with van der Waals surface area (Å²) in [6.07, 6.45) is 4.52. The molecule has 7 heteroatoms. The van der Waals surface area contributed by atoms with Crippen molar-refractivity contribution in [3.05, 3.63) is 20.3 Å². The normalized spacial score (nSPS) is 26.9. The minimum absolute atomic E-state index is 0. The van der Waals surface area contributed by atoms with Crippen LogP contribution in [0, 0.1) is 11.8 Å². The summed E-state index contributed by atoms with van der Waals surface area (Å²) in [5.74, 6) is 1.42. The molecule has 1 aromatic rings. The van der Waals surface area contributed by atoms with Gasteiger partial charge in [0.2, 0.25) is 5.91 Å². The second-order valence-corrected chi connectivity index (χ2v) is 8.45. The maximum absolute atomic E-state index is 12.3. The third-order valence-electron chi connectivity index (χ3n) is 4.83. The molecule has 22 heavy (non-hydrogen) atoms. The van der Waals surface area contributed by atoms with Crippen molar-refractivity contribution in [2.24, 2.45) is 17.6 Å². The Morgan fingerprint density at radius 1 is 1.36 bits per heavy atom. The van der Waals surface area contributed by atoms with E-state index in [9.17, 15) is 4.79 Å². The van der Waals surface area contributed by atoms with E-state index < -0.39 is 0 Å². The van der Waals surface area contributed by atoms with E-state index >= 15 is 0 Å². The Kier molecular flexibility index (Phi) is 6.43. The number of carbonyl (C=O) groups excluding carboxylic acids is 1. The highest BCUT2D eigenvalue weighted by molar-refractivity contribution is 7.20. The average Bonchev–Trinajstić information content (AvgIpc) is 3.08. The molecule has 0 spiro atoms.